The van der Waals surface area contributed by atoms with Gasteiger partial charge in [0.1, 0.15) is 8.07 Å². The Morgan fingerprint density at radius 2 is 0.912 bits per heavy atom. The minimum Gasteiger partial charge on any atom is -0.311 e. The van der Waals surface area contributed by atoms with Crippen LogP contribution < -0.4 is 41.7 Å². The highest BCUT2D eigenvalue weighted by Gasteiger charge is 2.54. The molecule has 0 saturated heterocycles. The van der Waals surface area contributed by atoms with Crippen molar-refractivity contribution in [2.24, 2.45) is 0 Å². The second kappa shape index (κ2) is 12.5. The van der Waals surface area contributed by atoms with Gasteiger partial charge in [0.15, 0.2) is 0 Å². The van der Waals surface area contributed by atoms with Crippen LogP contribution in [0.1, 0.15) is 26.3 Å². The van der Waals surface area contributed by atoms with Crippen molar-refractivity contribution in [2.75, 3.05) is 9.80 Å². The number of benzene rings is 6. The standard InChI is InChI=1S/C51H41BN4Si/c1-51(2,3)34-32-44-48-45(33-34)56(41-25-11-9-21-37(41)39-23-13-15-31-54-39)43-27-17-29-47-50(43)52(48)49-42(26-16-28-46(49)57(47,4)35-18-6-5-7-19-35)55(44)40-24-10-8-20-36(40)38-22-12-14-30-53-38/h5-33H,1-4H3. The first-order valence-electron chi connectivity index (χ1n) is 20.0. The fraction of sp³-hybridized carbons (Fsp3) is 0.0980. The lowest BCUT2D eigenvalue weighted by Gasteiger charge is -2.51. The molecule has 3 aliphatic heterocycles. The Bertz CT molecular complexity index is 2710. The van der Waals surface area contributed by atoms with Gasteiger partial charge in [-0.15, -0.1) is 0 Å². The maximum atomic E-state index is 4.91. The van der Waals surface area contributed by atoms with Crippen LogP contribution in [0, 0.1) is 0 Å². The van der Waals surface area contributed by atoms with Crippen molar-refractivity contribution in [3.05, 3.63) is 182 Å². The van der Waals surface area contributed by atoms with Gasteiger partial charge in [0.05, 0.1) is 22.8 Å². The van der Waals surface area contributed by atoms with Gasteiger partial charge in [-0.1, -0.05) is 141 Å². The number of para-hydroxylation sites is 2. The van der Waals surface area contributed by atoms with E-state index < -0.39 is 8.07 Å². The first-order valence-corrected chi connectivity index (χ1v) is 22.5. The molecule has 57 heavy (non-hydrogen) atoms. The molecular formula is C51H41BN4Si. The molecule has 8 aromatic rings. The van der Waals surface area contributed by atoms with Gasteiger partial charge < -0.3 is 9.80 Å². The van der Waals surface area contributed by atoms with Gasteiger partial charge in [-0.05, 0) is 93.2 Å². The van der Waals surface area contributed by atoms with Crippen LogP contribution in [0.15, 0.2) is 176 Å². The van der Waals surface area contributed by atoms with Crippen LogP contribution in [0.3, 0.4) is 0 Å². The van der Waals surface area contributed by atoms with Crippen LogP contribution in [-0.2, 0) is 5.41 Å². The third-order valence-corrected chi connectivity index (χ3v) is 17.1. The summed E-state index contributed by atoms with van der Waals surface area (Å²) in [5.41, 5.74) is 16.7. The van der Waals surface area contributed by atoms with Crippen LogP contribution >= 0.6 is 0 Å². The maximum absolute atomic E-state index is 4.91. The summed E-state index contributed by atoms with van der Waals surface area (Å²) in [4.78, 5) is 15.0. The second-order valence-electron chi connectivity index (χ2n) is 16.7. The molecular weight excluding hydrogens is 707 g/mol. The van der Waals surface area contributed by atoms with Crippen LogP contribution in [0.5, 0.6) is 0 Å². The van der Waals surface area contributed by atoms with E-state index in [9.17, 15) is 0 Å². The summed E-state index contributed by atoms with van der Waals surface area (Å²) in [7, 11) is -2.57. The van der Waals surface area contributed by atoms with Crippen molar-refractivity contribution in [3.63, 3.8) is 0 Å². The van der Waals surface area contributed by atoms with Crippen LogP contribution in [0.4, 0.5) is 34.1 Å². The van der Waals surface area contributed by atoms with E-state index >= 15 is 0 Å². The van der Waals surface area contributed by atoms with E-state index in [1.807, 2.05) is 24.5 Å². The van der Waals surface area contributed by atoms with Crippen LogP contribution in [-0.4, -0.2) is 24.8 Å². The van der Waals surface area contributed by atoms with Gasteiger partial charge in [-0.2, -0.15) is 0 Å². The number of rotatable bonds is 5. The van der Waals surface area contributed by atoms with Gasteiger partial charge >= 0.3 is 0 Å². The predicted molar refractivity (Wildman–Crippen MR) is 243 cm³/mol. The molecule has 0 N–H and O–H groups in total. The molecule has 11 rings (SSSR count). The summed E-state index contributed by atoms with van der Waals surface area (Å²) in [6.45, 7) is 9.64. The van der Waals surface area contributed by atoms with E-state index in [0.717, 1.165) is 33.9 Å². The van der Waals surface area contributed by atoms with Crippen molar-refractivity contribution in [3.8, 4) is 22.5 Å². The highest BCUT2D eigenvalue weighted by Crippen LogP contribution is 2.49. The molecule has 0 atom stereocenters. The Labute approximate surface area is 336 Å². The molecule has 272 valence electrons. The Hall–Kier alpha value is -6.50. The van der Waals surface area contributed by atoms with Crippen molar-refractivity contribution >= 4 is 80.9 Å². The Kier molecular flexibility index (Phi) is 7.42. The maximum Gasteiger partial charge on any atom is 0.251 e. The molecule has 0 aliphatic carbocycles. The highest BCUT2D eigenvalue weighted by molar-refractivity contribution is 7.21. The number of hydrogen-bond acceptors (Lipinski definition) is 4. The van der Waals surface area contributed by atoms with E-state index in [4.69, 9.17) is 9.97 Å². The van der Waals surface area contributed by atoms with Crippen LogP contribution in [0.25, 0.3) is 22.5 Å². The molecule has 2 aromatic heterocycles. The quantitative estimate of drug-likeness (QED) is 0.165. The summed E-state index contributed by atoms with van der Waals surface area (Å²) >= 11 is 0. The van der Waals surface area contributed by atoms with Crippen molar-refractivity contribution in [1.82, 2.24) is 9.97 Å². The van der Waals surface area contributed by atoms with Crippen molar-refractivity contribution < 1.29 is 0 Å². The number of anilines is 6. The smallest absolute Gasteiger partial charge is 0.251 e. The molecule has 0 amide bonds. The van der Waals surface area contributed by atoms with Crippen LogP contribution in [0.2, 0.25) is 6.55 Å². The third-order valence-electron chi connectivity index (χ3n) is 12.6. The Balaban J connectivity index is 1.32. The largest absolute Gasteiger partial charge is 0.311 e. The molecule has 0 bridgehead atoms. The van der Waals surface area contributed by atoms with Gasteiger partial charge in [0.2, 0.25) is 0 Å². The van der Waals surface area contributed by atoms with Crippen molar-refractivity contribution in [1.29, 1.82) is 0 Å². The first-order chi connectivity index (χ1) is 27.8. The molecule has 0 spiro atoms. The summed E-state index contributed by atoms with van der Waals surface area (Å²) in [6.07, 6.45) is 3.80. The van der Waals surface area contributed by atoms with Gasteiger partial charge in [-0.25, -0.2) is 0 Å². The third kappa shape index (κ3) is 4.87. The first kappa shape index (κ1) is 33.8. The molecule has 6 aromatic carbocycles. The lowest BCUT2D eigenvalue weighted by Crippen LogP contribution is -2.83. The Morgan fingerprint density at radius 1 is 0.456 bits per heavy atom. The lowest BCUT2D eigenvalue weighted by molar-refractivity contribution is 0.590. The SMILES string of the molecule is CC(C)(C)c1cc2c3c(c1)N(c1ccccc1-c1ccccn1)c1cccc4c1B3c1c(cccc1[Si]4(C)c1ccccc1)N2c1ccccc1-c1ccccn1. The van der Waals surface area contributed by atoms with Crippen molar-refractivity contribution in [2.45, 2.75) is 32.7 Å². The van der Waals surface area contributed by atoms with E-state index in [1.54, 1.807) is 0 Å². The zero-order valence-corrected chi connectivity index (χ0v) is 33.6. The predicted octanol–water partition coefficient (Wildman–Crippen LogP) is 8.60. The Morgan fingerprint density at radius 3 is 1.39 bits per heavy atom. The molecule has 0 unspecified atom stereocenters. The molecule has 3 aliphatic rings. The fourth-order valence-electron chi connectivity index (χ4n) is 9.95. The monoisotopic (exact) mass is 748 g/mol. The zero-order valence-electron chi connectivity index (χ0n) is 32.6. The lowest BCUT2D eigenvalue weighted by atomic mass is 9.33. The van der Waals surface area contributed by atoms with E-state index in [1.165, 1.54) is 60.3 Å². The molecule has 5 heterocycles. The fourth-order valence-corrected chi connectivity index (χ4v) is 14.2. The number of aromatic nitrogens is 2. The number of pyridine rings is 2. The molecule has 0 radical (unpaired) electrons. The van der Waals surface area contributed by atoms with Gasteiger partial charge in [-0.3, -0.25) is 9.97 Å². The number of hydrogen-bond donors (Lipinski definition) is 0. The van der Waals surface area contributed by atoms with E-state index in [0.29, 0.717) is 0 Å². The minimum absolute atomic E-state index is 0.0576. The average molecular weight is 749 g/mol. The summed E-state index contributed by atoms with van der Waals surface area (Å²) < 4.78 is 0. The minimum atomic E-state index is -2.57. The normalized spacial score (nSPS) is 14.4. The average Bonchev–Trinajstić information content (AvgIpc) is 3.26. The number of nitrogens with zero attached hydrogens (tertiary/aromatic N) is 4. The molecule has 6 heteroatoms. The molecule has 4 nitrogen and oxygen atoms in total. The van der Waals surface area contributed by atoms with Gasteiger partial charge in [0.25, 0.3) is 6.71 Å². The second-order valence-corrected chi connectivity index (χ2v) is 20.6. The van der Waals surface area contributed by atoms with E-state index in [-0.39, 0.29) is 12.1 Å². The zero-order chi connectivity index (χ0) is 38.5. The summed E-state index contributed by atoms with van der Waals surface area (Å²) in [6, 6.07) is 60.6. The molecule has 0 saturated carbocycles. The molecule has 0 fully saturated rings. The summed E-state index contributed by atoms with van der Waals surface area (Å²) in [5.74, 6) is 0. The topological polar surface area (TPSA) is 32.3 Å². The van der Waals surface area contributed by atoms with Gasteiger partial charge in [0, 0.05) is 46.3 Å². The van der Waals surface area contributed by atoms with E-state index in [2.05, 4.69) is 189 Å². The highest BCUT2D eigenvalue weighted by atomic mass is 28.3. The summed E-state index contributed by atoms with van der Waals surface area (Å²) in [5, 5.41) is 4.39.